The molecule has 3 heteroatoms. The number of carbonyl (C=O) groups is 1. The molecule has 128 valence electrons. The van der Waals surface area contributed by atoms with Crippen LogP contribution in [0.3, 0.4) is 0 Å². The molecular formula is C20H32N2O. The molecule has 1 aliphatic heterocycles. The van der Waals surface area contributed by atoms with Crippen LogP contribution in [0.5, 0.6) is 0 Å². The first-order valence-electron chi connectivity index (χ1n) is 9.27. The first kappa shape index (κ1) is 18.0. The van der Waals surface area contributed by atoms with E-state index in [-0.39, 0.29) is 5.91 Å². The lowest BCUT2D eigenvalue weighted by molar-refractivity contribution is -0.119. The summed E-state index contributed by atoms with van der Waals surface area (Å²) in [4.78, 5) is 14.8. The van der Waals surface area contributed by atoms with Crippen molar-refractivity contribution in [1.82, 2.24) is 5.32 Å². The van der Waals surface area contributed by atoms with Crippen LogP contribution < -0.4 is 10.2 Å². The highest BCUT2D eigenvalue weighted by atomic mass is 16.2. The highest BCUT2D eigenvalue weighted by Crippen LogP contribution is 2.23. The van der Waals surface area contributed by atoms with Gasteiger partial charge in [-0.05, 0) is 36.9 Å². The minimum Gasteiger partial charge on any atom is -0.313 e. The number of hydrogen-bond acceptors (Lipinski definition) is 2. The smallest absolute Gasteiger partial charge is 0.227 e. The van der Waals surface area contributed by atoms with Crippen molar-refractivity contribution in [3.8, 4) is 0 Å². The number of amides is 1. The Labute approximate surface area is 141 Å². The number of anilines is 1. The lowest BCUT2D eigenvalue weighted by atomic mass is 10.1. The van der Waals surface area contributed by atoms with E-state index in [1.54, 1.807) is 0 Å². The molecule has 0 atom stereocenters. The second kappa shape index (κ2) is 9.71. The summed E-state index contributed by atoms with van der Waals surface area (Å²) in [5.74, 6) is 0.666. The van der Waals surface area contributed by atoms with Crippen molar-refractivity contribution in [3.63, 3.8) is 0 Å². The van der Waals surface area contributed by atoms with Gasteiger partial charge < -0.3 is 10.2 Å². The van der Waals surface area contributed by atoms with Gasteiger partial charge in [0.15, 0.2) is 0 Å². The zero-order chi connectivity index (χ0) is 16.5. The van der Waals surface area contributed by atoms with Gasteiger partial charge in [-0.2, -0.15) is 0 Å². The topological polar surface area (TPSA) is 32.3 Å². The third-order valence-corrected chi connectivity index (χ3v) is 4.47. The molecule has 0 saturated heterocycles. The Hall–Kier alpha value is -1.35. The van der Waals surface area contributed by atoms with Crippen LogP contribution in [0.4, 0.5) is 5.69 Å². The predicted molar refractivity (Wildman–Crippen MR) is 97.7 cm³/mol. The van der Waals surface area contributed by atoms with E-state index in [1.165, 1.54) is 37.7 Å². The minimum absolute atomic E-state index is 0.266. The lowest BCUT2D eigenvalue weighted by Crippen LogP contribution is -2.34. The second-order valence-electron chi connectivity index (χ2n) is 7.07. The van der Waals surface area contributed by atoms with Crippen molar-refractivity contribution in [2.45, 2.75) is 65.3 Å². The minimum atomic E-state index is 0.266. The molecule has 0 fully saturated rings. The van der Waals surface area contributed by atoms with Crippen LogP contribution in [0.25, 0.3) is 0 Å². The average molecular weight is 316 g/mol. The van der Waals surface area contributed by atoms with Gasteiger partial charge in [0.1, 0.15) is 0 Å². The van der Waals surface area contributed by atoms with E-state index in [9.17, 15) is 4.79 Å². The first-order valence-corrected chi connectivity index (χ1v) is 9.27. The zero-order valence-electron chi connectivity index (χ0n) is 14.8. The molecule has 1 aliphatic rings. The molecule has 0 aromatic heterocycles. The van der Waals surface area contributed by atoms with E-state index >= 15 is 0 Å². The maximum absolute atomic E-state index is 12.8. The van der Waals surface area contributed by atoms with Gasteiger partial charge in [0, 0.05) is 25.2 Å². The molecule has 0 unspecified atom stereocenters. The van der Waals surface area contributed by atoms with Crippen molar-refractivity contribution in [1.29, 1.82) is 0 Å². The molecule has 2 rings (SSSR count). The largest absolute Gasteiger partial charge is 0.313 e. The molecule has 0 bridgehead atoms. The molecule has 23 heavy (non-hydrogen) atoms. The average Bonchev–Trinajstić information content (AvgIpc) is 2.54. The summed E-state index contributed by atoms with van der Waals surface area (Å²) in [6.45, 7) is 7.00. The maximum Gasteiger partial charge on any atom is 0.227 e. The number of benzene rings is 1. The highest BCUT2D eigenvalue weighted by Gasteiger charge is 2.19. The van der Waals surface area contributed by atoms with Crippen LogP contribution in [-0.4, -0.2) is 19.0 Å². The van der Waals surface area contributed by atoms with Crippen molar-refractivity contribution in [3.05, 3.63) is 29.8 Å². The quantitative estimate of drug-likeness (QED) is 0.870. The second-order valence-corrected chi connectivity index (χ2v) is 7.07. The summed E-state index contributed by atoms with van der Waals surface area (Å²) < 4.78 is 0. The number of hydrogen-bond donors (Lipinski definition) is 1. The summed E-state index contributed by atoms with van der Waals surface area (Å²) in [6.07, 6.45) is 8.11. The van der Waals surface area contributed by atoms with E-state index in [0.29, 0.717) is 12.3 Å². The van der Waals surface area contributed by atoms with Crippen LogP contribution in [0.15, 0.2) is 24.3 Å². The zero-order valence-corrected chi connectivity index (χ0v) is 14.8. The van der Waals surface area contributed by atoms with Crippen molar-refractivity contribution in [2.75, 3.05) is 18.0 Å². The Morgan fingerprint density at radius 3 is 2.57 bits per heavy atom. The van der Waals surface area contributed by atoms with Gasteiger partial charge in [-0.1, -0.05) is 57.7 Å². The monoisotopic (exact) mass is 316 g/mol. The van der Waals surface area contributed by atoms with E-state index in [2.05, 4.69) is 37.4 Å². The first-order chi connectivity index (χ1) is 11.2. The van der Waals surface area contributed by atoms with Gasteiger partial charge in [0.2, 0.25) is 5.91 Å². The SMILES string of the molecule is CC(C)CC(=O)N1CCCCCCCCNCc2ccccc21. The highest BCUT2D eigenvalue weighted by molar-refractivity contribution is 5.94. The summed E-state index contributed by atoms with van der Waals surface area (Å²) >= 11 is 0. The Kier molecular flexibility index (Phi) is 7.60. The molecule has 1 aromatic carbocycles. The molecule has 0 radical (unpaired) electrons. The van der Waals surface area contributed by atoms with Crippen LogP contribution in [0.2, 0.25) is 0 Å². The van der Waals surface area contributed by atoms with Gasteiger partial charge in [-0.3, -0.25) is 4.79 Å². The summed E-state index contributed by atoms with van der Waals surface area (Å²) in [7, 11) is 0. The van der Waals surface area contributed by atoms with Crippen molar-refractivity contribution < 1.29 is 4.79 Å². The maximum atomic E-state index is 12.8. The Morgan fingerprint density at radius 2 is 1.78 bits per heavy atom. The fourth-order valence-corrected chi connectivity index (χ4v) is 3.21. The summed E-state index contributed by atoms with van der Waals surface area (Å²) in [5, 5.41) is 3.54. The van der Waals surface area contributed by atoms with E-state index in [0.717, 1.165) is 31.7 Å². The lowest BCUT2D eigenvalue weighted by Gasteiger charge is -2.26. The molecule has 1 heterocycles. The number of para-hydroxylation sites is 1. The Balaban J connectivity index is 2.20. The number of nitrogens with zero attached hydrogens (tertiary/aromatic N) is 1. The normalized spacial score (nSPS) is 17.8. The van der Waals surface area contributed by atoms with E-state index in [4.69, 9.17) is 0 Å². The van der Waals surface area contributed by atoms with Crippen LogP contribution in [0, 0.1) is 5.92 Å². The molecule has 0 saturated carbocycles. The fourth-order valence-electron chi connectivity index (χ4n) is 3.21. The van der Waals surface area contributed by atoms with Gasteiger partial charge in [-0.15, -0.1) is 0 Å². The third kappa shape index (κ3) is 5.98. The molecule has 0 aliphatic carbocycles. The molecule has 3 nitrogen and oxygen atoms in total. The van der Waals surface area contributed by atoms with Crippen LogP contribution >= 0.6 is 0 Å². The Bertz CT molecular complexity index is 484. The van der Waals surface area contributed by atoms with E-state index < -0.39 is 0 Å². The van der Waals surface area contributed by atoms with Gasteiger partial charge >= 0.3 is 0 Å². The van der Waals surface area contributed by atoms with Crippen molar-refractivity contribution in [2.24, 2.45) is 5.92 Å². The Morgan fingerprint density at radius 1 is 1.09 bits per heavy atom. The summed E-state index contributed by atoms with van der Waals surface area (Å²) in [5.41, 5.74) is 2.34. The van der Waals surface area contributed by atoms with Gasteiger partial charge in [0.25, 0.3) is 0 Å². The predicted octanol–water partition coefficient (Wildman–Crippen LogP) is 4.51. The van der Waals surface area contributed by atoms with Crippen LogP contribution in [0.1, 0.15) is 64.4 Å². The standard InChI is InChI=1S/C20H32N2O/c1-17(2)15-20(23)22-14-10-6-4-3-5-9-13-21-16-18-11-7-8-12-19(18)22/h7-8,11-12,17,21H,3-6,9-10,13-16H2,1-2H3. The molecule has 0 spiro atoms. The van der Waals surface area contributed by atoms with Crippen LogP contribution in [-0.2, 0) is 11.3 Å². The molecule has 1 aromatic rings. The van der Waals surface area contributed by atoms with Crippen molar-refractivity contribution >= 4 is 11.6 Å². The molecular weight excluding hydrogens is 284 g/mol. The summed E-state index contributed by atoms with van der Waals surface area (Å²) in [6, 6.07) is 8.38. The fraction of sp³-hybridized carbons (Fsp3) is 0.650. The third-order valence-electron chi connectivity index (χ3n) is 4.47. The number of nitrogens with one attached hydrogen (secondary N) is 1. The van der Waals surface area contributed by atoms with E-state index in [1.807, 2.05) is 11.0 Å². The van der Waals surface area contributed by atoms with Gasteiger partial charge in [0.05, 0.1) is 0 Å². The molecule has 1 amide bonds. The van der Waals surface area contributed by atoms with Gasteiger partial charge in [-0.25, -0.2) is 0 Å². The number of rotatable bonds is 2. The number of fused-ring (bicyclic) bond motifs is 1. The molecule has 1 N–H and O–H groups in total. The number of carbonyl (C=O) groups excluding carboxylic acids is 1.